The van der Waals surface area contributed by atoms with Crippen LogP contribution in [0.5, 0.6) is 0 Å². The van der Waals surface area contributed by atoms with Gasteiger partial charge in [-0.1, -0.05) is 72.8 Å². The maximum absolute atomic E-state index is 13.4. The molecule has 3 atom stereocenters. The molecule has 240 valence electrons. The molecule has 0 aliphatic carbocycles. The highest BCUT2D eigenvalue weighted by atomic mass is 16.4. The van der Waals surface area contributed by atoms with Gasteiger partial charge in [0.15, 0.2) is 0 Å². The Labute approximate surface area is 266 Å². The molecule has 12 heteroatoms. The van der Waals surface area contributed by atoms with Crippen molar-refractivity contribution in [1.82, 2.24) is 21.3 Å². The zero-order chi connectivity index (χ0) is 32.9. The summed E-state index contributed by atoms with van der Waals surface area (Å²) in [5, 5.41) is 22.9. The van der Waals surface area contributed by atoms with Crippen molar-refractivity contribution >= 4 is 41.2 Å². The fourth-order valence-corrected chi connectivity index (χ4v) is 4.97. The molecular formula is C34H37N5O7. The number of nitrogens with one attached hydrogen (secondary N) is 5. The van der Waals surface area contributed by atoms with E-state index < -0.39 is 60.2 Å². The van der Waals surface area contributed by atoms with Gasteiger partial charge in [-0.3, -0.25) is 24.0 Å². The van der Waals surface area contributed by atoms with Gasteiger partial charge in [-0.15, -0.1) is 0 Å². The number of benzene rings is 3. The molecule has 0 spiro atoms. The summed E-state index contributed by atoms with van der Waals surface area (Å²) in [5.74, 6) is -4.19. The van der Waals surface area contributed by atoms with Crippen molar-refractivity contribution in [3.05, 3.63) is 102 Å². The van der Waals surface area contributed by atoms with Crippen LogP contribution in [0.2, 0.25) is 0 Å². The Morgan fingerprint density at radius 2 is 1.28 bits per heavy atom. The second kappa shape index (κ2) is 16.5. The zero-order valence-electron chi connectivity index (χ0n) is 25.2. The smallest absolute Gasteiger partial charge is 0.326 e. The van der Waals surface area contributed by atoms with E-state index in [4.69, 9.17) is 0 Å². The number of aryl methyl sites for hydroxylation is 1. The second-order valence-corrected chi connectivity index (χ2v) is 11.0. The number of hydrogen-bond acceptors (Lipinski definition) is 6. The summed E-state index contributed by atoms with van der Waals surface area (Å²) in [4.78, 5) is 77.0. The van der Waals surface area contributed by atoms with Crippen LogP contribution in [0.4, 0.5) is 5.69 Å². The lowest BCUT2D eigenvalue weighted by Crippen LogP contribution is -2.55. The third kappa shape index (κ3) is 10.6. The average molecular weight is 628 g/mol. The highest BCUT2D eigenvalue weighted by Crippen LogP contribution is 2.13. The summed E-state index contributed by atoms with van der Waals surface area (Å²) >= 11 is 0. The molecule has 0 saturated heterocycles. The molecular weight excluding hydrogens is 590 g/mol. The predicted octanol–water partition coefficient (Wildman–Crippen LogP) is 1.49. The summed E-state index contributed by atoms with van der Waals surface area (Å²) < 4.78 is 0. The van der Waals surface area contributed by atoms with E-state index in [1.807, 2.05) is 30.3 Å². The topological polar surface area (TPSA) is 183 Å². The van der Waals surface area contributed by atoms with Crippen molar-refractivity contribution in [1.29, 1.82) is 0 Å². The fraction of sp³-hybridized carbons (Fsp3) is 0.294. The molecule has 6 N–H and O–H groups in total. The number of fused-ring (bicyclic) bond motifs is 18. The van der Waals surface area contributed by atoms with Gasteiger partial charge in [0.05, 0.1) is 6.54 Å². The number of carboxylic acids is 1. The summed E-state index contributed by atoms with van der Waals surface area (Å²) in [5.41, 5.74) is 2.71. The SMILES string of the molecule is O=C1CCC(=O)N[C@H](CCc2ccccc2)C(=O)NCC(=O)N[C@H](Cc2ccccc2)C(=O)N[C@H](C(=O)O)Cc2ccc(cc2)N1. The van der Waals surface area contributed by atoms with Gasteiger partial charge < -0.3 is 31.7 Å². The van der Waals surface area contributed by atoms with Crippen molar-refractivity contribution in [2.75, 3.05) is 11.9 Å². The van der Waals surface area contributed by atoms with Crippen molar-refractivity contribution in [3.8, 4) is 0 Å². The van der Waals surface area contributed by atoms with Crippen LogP contribution in [0.15, 0.2) is 84.9 Å². The third-order valence-corrected chi connectivity index (χ3v) is 7.44. The molecule has 0 fully saturated rings. The van der Waals surface area contributed by atoms with Crippen LogP contribution in [0.1, 0.15) is 36.0 Å². The minimum atomic E-state index is -1.31. The van der Waals surface area contributed by atoms with E-state index >= 15 is 0 Å². The van der Waals surface area contributed by atoms with Crippen LogP contribution in [-0.4, -0.2) is 65.3 Å². The Hall–Kier alpha value is -5.52. The van der Waals surface area contributed by atoms with Gasteiger partial charge >= 0.3 is 5.97 Å². The molecule has 0 aromatic heterocycles. The maximum Gasteiger partial charge on any atom is 0.326 e. The van der Waals surface area contributed by atoms with E-state index in [2.05, 4.69) is 26.6 Å². The molecule has 46 heavy (non-hydrogen) atoms. The van der Waals surface area contributed by atoms with Gasteiger partial charge in [0.1, 0.15) is 18.1 Å². The van der Waals surface area contributed by atoms with Gasteiger partial charge in [0.2, 0.25) is 29.5 Å². The number of carbonyl (C=O) groups excluding carboxylic acids is 5. The highest BCUT2D eigenvalue weighted by molar-refractivity contribution is 5.95. The van der Waals surface area contributed by atoms with Crippen LogP contribution in [0.3, 0.4) is 0 Å². The summed E-state index contributed by atoms with van der Waals surface area (Å²) in [6, 6.07) is 21.3. The van der Waals surface area contributed by atoms with Gasteiger partial charge in [0, 0.05) is 31.4 Å². The number of anilines is 1. The Kier molecular flexibility index (Phi) is 12.0. The van der Waals surface area contributed by atoms with Crippen LogP contribution in [-0.2, 0) is 48.0 Å². The number of amides is 5. The zero-order valence-corrected chi connectivity index (χ0v) is 25.2. The first-order valence-corrected chi connectivity index (χ1v) is 15.0. The van der Waals surface area contributed by atoms with E-state index in [0.29, 0.717) is 17.7 Å². The van der Waals surface area contributed by atoms with Gasteiger partial charge in [-0.25, -0.2) is 4.79 Å². The molecule has 2 heterocycles. The number of aliphatic carboxylic acids is 1. The Morgan fingerprint density at radius 1 is 0.674 bits per heavy atom. The number of hydrogen-bond donors (Lipinski definition) is 6. The van der Waals surface area contributed by atoms with Gasteiger partial charge in [-0.05, 0) is 41.7 Å². The summed E-state index contributed by atoms with van der Waals surface area (Å²) in [6.45, 7) is -0.494. The van der Waals surface area contributed by atoms with Crippen molar-refractivity contribution in [3.63, 3.8) is 0 Å². The van der Waals surface area contributed by atoms with Crippen molar-refractivity contribution in [2.45, 2.75) is 56.7 Å². The predicted molar refractivity (Wildman–Crippen MR) is 169 cm³/mol. The van der Waals surface area contributed by atoms with Crippen LogP contribution in [0.25, 0.3) is 0 Å². The monoisotopic (exact) mass is 627 g/mol. The lowest BCUT2D eigenvalue weighted by atomic mass is 10.0. The Bertz CT molecular complexity index is 1530. The lowest BCUT2D eigenvalue weighted by Gasteiger charge is -2.22. The molecule has 12 nitrogen and oxygen atoms in total. The molecule has 5 rings (SSSR count). The van der Waals surface area contributed by atoms with E-state index in [-0.39, 0.29) is 32.1 Å². The standard InChI is InChI=1S/C34H37N5O7/c40-29-17-18-30(41)37-26(16-13-22-7-3-1-4-8-22)32(43)35-21-31(42)38-27(19-23-9-5-2-6-10-23)33(44)39-28(34(45)46)20-24-11-14-25(36-29)15-12-24/h1-12,14-15,26-28H,13,16-21H2,(H,35,43)(H,36,40)(H,37,41)(H,38,42)(H,39,44)(H,45,46)/t26-,27-,28+/m1/s1. The first kappa shape index (κ1) is 33.4. The minimum Gasteiger partial charge on any atom is -0.480 e. The highest BCUT2D eigenvalue weighted by Gasteiger charge is 2.28. The molecule has 0 saturated carbocycles. The van der Waals surface area contributed by atoms with Crippen molar-refractivity contribution in [2.24, 2.45) is 0 Å². The average Bonchev–Trinajstić information content (AvgIpc) is 3.05. The summed E-state index contributed by atoms with van der Waals surface area (Å²) in [7, 11) is 0. The van der Waals surface area contributed by atoms with Crippen LogP contribution in [0, 0.1) is 0 Å². The van der Waals surface area contributed by atoms with E-state index in [1.165, 1.54) is 0 Å². The number of rotatable bonds is 6. The largest absolute Gasteiger partial charge is 0.480 e. The molecule has 3 aromatic rings. The second-order valence-electron chi connectivity index (χ2n) is 11.0. The van der Waals surface area contributed by atoms with Crippen molar-refractivity contribution < 1.29 is 33.9 Å². The van der Waals surface area contributed by atoms with E-state index in [9.17, 15) is 33.9 Å². The van der Waals surface area contributed by atoms with E-state index in [0.717, 1.165) is 11.1 Å². The molecule has 0 unspecified atom stereocenters. The third-order valence-electron chi connectivity index (χ3n) is 7.44. The van der Waals surface area contributed by atoms with Gasteiger partial charge in [0.25, 0.3) is 0 Å². The van der Waals surface area contributed by atoms with Crippen LogP contribution >= 0.6 is 0 Å². The number of carboxylic acid groups (broad SMARTS) is 1. The lowest BCUT2D eigenvalue weighted by molar-refractivity contribution is -0.142. The molecule has 0 radical (unpaired) electrons. The molecule has 2 aliphatic heterocycles. The van der Waals surface area contributed by atoms with E-state index in [1.54, 1.807) is 54.6 Å². The molecule has 3 aromatic carbocycles. The molecule has 5 amide bonds. The normalized spacial score (nSPS) is 20.3. The molecule has 2 bridgehead atoms. The fourth-order valence-electron chi connectivity index (χ4n) is 4.97. The maximum atomic E-state index is 13.4. The summed E-state index contributed by atoms with van der Waals surface area (Å²) in [6.07, 6.45) is 0.405. The number of carbonyl (C=O) groups is 6. The first-order valence-electron chi connectivity index (χ1n) is 15.0. The van der Waals surface area contributed by atoms with Gasteiger partial charge in [-0.2, -0.15) is 0 Å². The Balaban J connectivity index is 1.56. The van der Waals surface area contributed by atoms with Crippen LogP contribution < -0.4 is 26.6 Å². The molecule has 2 aliphatic rings. The first-order chi connectivity index (χ1) is 22.2. The minimum absolute atomic E-state index is 0.0537. The quantitative estimate of drug-likeness (QED) is 0.224. The Morgan fingerprint density at radius 3 is 1.93 bits per heavy atom.